The first kappa shape index (κ1) is 22.3. The van der Waals surface area contributed by atoms with E-state index in [1.807, 2.05) is 0 Å². The van der Waals surface area contributed by atoms with Gasteiger partial charge in [-0.2, -0.15) is 5.10 Å². The molecule has 1 N–H and O–H groups in total. The van der Waals surface area contributed by atoms with E-state index in [0.29, 0.717) is 22.0 Å². The normalized spacial score (nSPS) is 11.3. The Labute approximate surface area is 186 Å². The quantitative estimate of drug-likeness (QED) is 0.412. The lowest BCUT2D eigenvalue weighted by molar-refractivity contribution is -0.119. The zero-order valence-electron chi connectivity index (χ0n) is 16.6. The Balaban J connectivity index is 1.80. The summed E-state index contributed by atoms with van der Waals surface area (Å²) in [5.41, 5.74) is 3.38. The van der Waals surface area contributed by atoms with Crippen molar-refractivity contribution in [2.45, 2.75) is 4.90 Å². The predicted molar refractivity (Wildman–Crippen MR) is 121 cm³/mol. The molecule has 0 atom stereocenters. The molecule has 7 nitrogen and oxygen atoms in total. The molecule has 160 valence electrons. The number of nitrogens with zero attached hydrogens (tertiary/aromatic N) is 2. The molecule has 0 spiro atoms. The third-order valence-electron chi connectivity index (χ3n) is 4.23. The van der Waals surface area contributed by atoms with Crippen LogP contribution in [0.3, 0.4) is 0 Å². The minimum Gasteiger partial charge on any atom is -0.497 e. The summed E-state index contributed by atoms with van der Waals surface area (Å²) in [5, 5.41) is 4.36. The van der Waals surface area contributed by atoms with Crippen LogP contribution in [0.25, 0.3) is 0 Å². The van der Waals surface area contributed by atoms with Crippen LogP contribution in [0.2, 0.25) is 5.02 Å². The summed E-state index contributed by atoms with van der Waals surface area (Å²) in [6.07, 6.45) is 1.44. The fourth-order valence-corrected chi connectivity index (χ4v) is 4.28. The van der Waals surface area contributed by atoms with Crippen LogP contribution in [0.1, 0.15) is 5.56 Å². The summed E-state index contributed by atoms with van der Waals surface area (Å²) >= 11 is 5.93. The van der Waals surface area contributed by atoms with Crippen molar-refractivity contribution >= 4 is 39.4 Å². The Morgan fingerprint density at radius 1 is 1.06 bits per heavy atom. The first-order valence-corrected chi connectivity index (χ1v) is 11.0. The van der Waals surface area contributed by atoms with Gasteiger partial charge < -0.3 is 4.74 Å². The number of nitrogens with one attached hydrogen (secondary N) is 1. The van der Waals surface area contributed by atoms with Gasteiger partial charge in [-0.3, -0.25) is 9.10 Å². The average molecular weight is 458 g/mol. The molecule has 0 aromatic heterocycles. The Morgan fingerprint density at radius 2 is 1.77 bits per heavy atom. The number of amides is 1. The molecule has 3 rings (SSSR count). The monoisotopic (exact) mass is 457 g/mol. The van der Waals surface area contributed by atoms with Crippen LogP contribution in [0.5, 0.6) is 5.75 Å². The SMILES string of the molecule is COc1cccc(/C=N/NC(=O)CN(c2ccc(Cl)cc2)S(=O)(=O)c2ccccc2)c1. The third kappa shape index (κ3) is 5.84. The second-order valence-corrected chi connectivity index (χ2v) is 8.67. The maximum absolute atomic E-state index is 13.2. The first-order valence-electron chi connectivity index (χ1n) is 9.19. The lowest BCUT2D eigenvalue weighted by atomic mass is 10.2. The number of halogens is 1. The summed E-state index contributed by atoms with van der Waals surface area (Å²) in [5.74, 6) is 0.0479. The van der Waals surface area contributed by atoms with E-state index in [0.717, 1.165) is 4.31 Å². The molecule has 0 aliphatic rings. The molecule has 3 aromatic carbocycles. The number of hydrogen-bond donors (Lipinski definition) is 1. The minimum atomic E-state index is -3.99. The molecule has 0 fully saturated rings. The van der Waals surface area contributed by atoms with Crippen LogP contribution in [-0.2, 0) is 14.8 Å². The molecule has 0 radical (unpaired) electrons. The number of methoxy groups -OCH3 is 1. The van der Waals surface area contributed by atoms with Crippen molar-refractivity contribution in [1.29, 1.82) is 0 Å². The number of rotatable bonds is 8. The summed E-state index contributed by atoms with van der Waals surface area (Å²) in [6, 6.07) is 21.2. The molecule has 0 heterocycles. The number of sulfonamides is 1. The van der Waals surface area contributed by atoms with Gasteiger partial charge in [0.15, 0.2) is 0 Å². The number of benzene rings is 3. The molecule has 0 bridgehead atoms. The largest absolute Gasteiger partial charge is 0.497 e. The van der Waals surface area contributed by atoms with Crippen LogP contribution in [0.15, 0.2) is 88.9 Å². The lowest BCUT2D eigenvalue weighted by Gasteiger charge is -2.23. The second-order valence-electron chi connectivity index (χ2n) is 6.37. The van der Waals surface area contributed by atoms with Crippen LogP contribution >= 0.6 is 11.6 Å². The fraction of sp³-hybridized carbons (Fsp3) is 0.0909. The van der Waals surface area contributed by atoms with Gasteiger partial charge in [0.1, 0.15) is 12.3 Å². The van der Waals surface area contributed by atoms with Gasteiger partial charge in [-0.25, -0.2) is 13.8 Å². The summed E-state index contributed by atoms with van der Waals surface area (Å²) < 4.78 is 32.5. The molecule has 0 unspecified atom stereocenters. The van der Waals surface area contributed by atoms with Gasteiger partial charge >= 0.3 is 0 Å². The molecule has 31 heavy (non-hydrogen) atoms. The number of carbonyl (C=O) groups excluding carboxylic acids is 1. The third-order valence-corrected chi connectivity index (χ3v) is 6.27. The molecular formula is C22H20ClN3O4S. The number of ether oxygens (including phenoxy) is 1. The van der Waals surface area contributed by atoms with E-state index in [-0.39, 0.29) is 4.90 Å². The molecule has 9 heteroatoms. The fourth-order valence-electron chi connectivity index (χ4n) is 2.71. The molecule has 0 aliphatic carbocycles. The van der Waals surface area contributed by atoms with Gasteiger partial charge in [0.25, 0.3) is 15.9 Å². The number of carbonyl (C=O) groups is 1. The van der Waals surface area contributed by atoms with Crippen LogP contribution in [0, 0.1) is 0 Å². The van der Waals surface area contributed by atoms with E-state index < -0.39 is 22.5 Å². The Bertz CT molecular complexity index is 1170. The van der Waals surface area contributed by atoms with Gasteiger partial charge in [0.2, 0.25) is 0 Å². The molecule has 3 aromatic rings. The minimum absolute atomic E-state index is 0.0673. The highest BCUT2D eigenvalue weighted by molar-refractivity contribution is 7.92. The second kappa shape index (κ2) is 10.1. The van der Waals surface area contributed by atoms with Crippen LogP contribution in [-0.4, -0.2) is 34.2 Å². The van der Waals surface area contributed by atoms with Gasteiger partial charge in [0, 0.05) is 5.02 Å². The van der Waals surface area contributed by atoms with Crippen molar-refractivity contribution in [1.82, 2.24) is 5.43 Å². The highest BCUT2D eigenvalue weighted by Gasteiger charge is 2.27. The maximum atomic E-state index is 13.2. The zero-order chi connectivity index (χ0) is 22.3. The standard InChI is InChI=1S/C22H20ClN3O4S/c1-30-20-7-5-6-17(14-20)15-24-25-22(27)16-26(19-12-10-18(23)11-13-19)31(28,29)21-8-3-2-4-9-21/h2-15H,16H2,1H3,(H,25,27)/b24-15+. The van der Waals surface area contributed by atoms with Gasteiger partial charge in [-0.1, -0.05) is 41.9 Å². The highest BCUT2D eigenvalue weighted by Crippen LogP contribution is 2.25. The number of anilines is 1. The first-order chi connectivity index (χ1) is 14.9. The molecule has 1 amide bonds. The van der Waals surface area contributed by atoms with Crippen molar-refractivity contribution in [3.63, 3.8) is 0 Å². The lowest BCUT2D eigenvalue weighted by Crippen LogP contribution is -2.39. The van der Waals surface area contributed by atoms with Crippen LogP contribution < -0.4 is 14.5 Å². The zero-order valence-corrected chi connectivity index (χ0v) is 18.2. The summed E-state index contributed by atoms with van der Waals surface area (Å²) in [4.78, 5) is 12.6. The highest BCUT2D eigenvalue weighted by atomic mass is 35.5. The molecule has 0 saturated carbocycles. The smallest absolute Gasteiger partial charge is 0.264 e. The van der Waals surface area contributed by atoms with Crippen molar-refractivity contribution in [2.24, 2.45) is 5.10 Å². The Morgan fingerprint density at radius 3 is 2.45 bits per heavy atom. The summed E-state index contributed by atoms with van der Waals surface area (Å²) in [6.45, 7) is -0.464. The van der Waals surface area contributed by atoms with Gasteiger partial charge in [0.05, 0.1) is 23.9 Å². The van der Waals surface area contributed by atoms with E-state index in [2.05, 4.69) is 10.5 Å². The topological polar surface area (TPSA) is 88.1 Å². The Hall–Kier alpha value is -3.36. The maximum Gasteiger partial charge on any atom is 0.264 e. The van der Waals surface area contributed by atoms with Crippen molar-refractivity contribution in [2.75, 3.05) is 18.0 Å². The average Bonchev–Trinajstić information content (AvgIpc) is 2.79. The van der Waals surface area contributed by atoms with Crippen molar-refractivity contribution in [3.8, 4) is 5.75 Å². The number of hydrazone groups is 1. The van der Waals surface area contributed by atoms with E-state index >= 15 is 0 Å². The van der Waals surface area contributed by atoms with E-state index in [1.54, 1.807) is 61.7 Å². The van der Waals surface area contributed by atoms with Gasteiger partial charge in [-0.15, -0.1) is 0 Å². The van der Waals surface area contributed by atoms with Crippen molar-refractivity contribution < 1.29 is 17.9 Å². The predicted octanol–water partition coefficient (Wildman–Crippen LogP) is 3.69. The molecule has 0 aliphatic heterocycles. The van der Waals surface area contributed by atoms with E-state index in [9.17, 15) is 13.2 Å². The van der Waals surface area contributed by atoms with E-state index in [4.69, 9.17) is 16.3 Å². The van der Waals surface area contributed by atoms with Crippen LogP contribution in [0.4, 0.5) is 5.69 Å². The summed E-state index contributed by atoms with van der Waals surface area (Å²) in [7, 11) is -2.44. The molecule has 0 saturated heterocycles. The number of hydrogen-bond acceptors (Lipinski definition) is 5. The van der Waals surface area contributed by atoms with Gasteiger partial charge in [-0.05, 0) is 54.1 Å². The van der Waals surface area contributed by atoms with E-state index in [1.165, 1.54) is 30.5 Å². The van der Waals surface area contributed by atoms with Crippen molar-refractivity contribution in [3.05, 3.63) is 89.4 Å². The molecular weight excluding hydrogens is 438 g/mol. The Kier molecular flexibility index (Phi) is 7.28.